The van der Waals surface area contributed by atoms with E-state index in [9.17, 15) is 0 Å². The first-order chi connectivity index (χ1) is 13.1. The molecule has 1 heterocycles. The molecule has 1 saturated heterocycles. The van der Waals surface area contributed by atoms with Gasteiger partial charge < -0.3 is 25.2 Å². The maximum absolute atomic E-state index is 5.19. The molecule has 0 spiro atoms. The van der Waals surface area contributed by atoms with Gasteiger partial charge in [-0.2, -0.15) is 0 Å². The van der Waals surface area contributed by atoms with Crippen molar-refractivity contribution in [1.82, 2.24) is 20.4 Å². The molecular weight excluding hydrogens is 338 g/mol. The van der Waals surface area contributed by atoms with Crippen molar-refractivity contribution in [2.24, 2.45) is 10.9 Å². The number of aliphatic imine (C=N–C) groups is 1. The molecule has 0 saturated carbocycles. The summed E-state index contributed by atoms with van der Waals surface area (Å²) in [6, 6.07) is 0.453. The first-order valence-corrected chi connectivity index (χ1v) is 11.1. The third-order valence-corrected chi connectivity index (χ3v) is 5.56. The molecule has 0 aromatic carbocycles. The number of guanidine groups is 1. The summed E-state index contributed by atoms with van der Waals surface area (Å²) in [4.78, 5) is 9.88. The minimum Gasteiger partial charge on any atom is -0.383 e. The van der Waals surface area contributed by atoms with Crippen molar-refractivity contribution in [3.8, 4) is 0 Å². The SMILES string of the molecule is CCNC(=NCC1CCN(CCOC)CC1)NC(C)CCCN(CC)CC. The number of likely N-dealkylation sites (tertiary alicyclic amines) is 1. The van der Waals surface area contributed by atoms with E-state index in [1.54, 1.807) is 7.11 Å². The molecule has 0 amide bonds. The van der Waals surface area contributed by atoms with E-state index in [0.29, 0.717) is 12.0 Å². The van der Waals surface area contributed by atoms with Gasteiger partial charge in [0.05, 0.1) is 6.61 Å². The maximum Gasteiger partial charge on any atom is 0.191 e. The van der Waals surface area contributed by atoms with E-state index in [1.165, 1.54) is 45.3 Å². The first-order valence-electron chi connectivity index (χ1n) is 11.1. The highest BCUT2D eigenvalue weighted by molar-refractivity contribution is 5.80. The van der Waals surface area contributed by atoms with Gasteiger partial charge in [0.1, 0.15) is 0 Å². The van der Waals surface area contributed by atoms with Gasteiger partial charge in [0.2, 0.25) is 0 Å². The van der Waals surface area contributed by atoms with Crippen molar-refractivity contribution in [3.63, 3.8) is 0 Å². The van der Waals surface area contributed by atoms with E-state index in [-0.39, 0.29) is 0 Å². The number of ether oxygens (including phenoxy) is 1. The molecule has 27 heavy (non-hydrogen) atoms. The van der Waals surface area contributed by atoms with Crippen LogP contribution in [0.2, 0.25) is 0 Å². The highest BCUT2D eigenvalue weighted by Crippen LogP contribution is 2.17. The number of nitrogens with zero attached hydrogens (tertiary/aromatic N) is 3. The third kappa shape index (κ3) is 10.9. The number of methoxy groups -OCH3 is 1. The number of hydrogen-bond acceptors (Lipinski definition) is 4. The second-order valence-electron chi connectivity index (χ2n) is 7.71. The summed E-state index contributed by atoms with van der Waals surface area (Å²) in [6.45, 7) is 18.4. The zero-order chi connectivity index (χ0) is 19.9. The van der Waals surface area contributed by atoms with Crippen molar-refractivity contribution >= 4 is 5.96 Å². The molecule has 1 atom stereocenters. The van der Waals surface area contributed by atoms with E-state index >= 15 is 0 Å². The molecule has 0 aliphatic carbocycles. The highest BCUT2D eigenvalue weighted by Gasteiger charge is 2.18. The molecule has 6 nitrogen and oxygen atoms in total. The summed E-state index contributed by atoms with van der Waals surface area (Å²) in [5.41, 5.74) is 0. The minimum atomic E-state index is 0.453. The molecule has 1 rings (SSSR count). The first kappa shape index (κ1) is 24.2. The molecule has 1 unspecified atom stereocenters. The fourth-order valence-corrected chi connectivity index (χ4v) is 3.62. The van der Waals surface area contributed by atoms with Crippen LogP contribution in [0.25, 0.3) is 0 Å². The summed E-state index contributed by atoms with van der Waals surface area (Å²) in [5, 5.41) is 7.01. The smallest absolute Gasteiger partial charge is 0.191 e. The molecule has 0 aromatic rings. The average Bonchev–Trinajstić information content (AvgIpc) is 2.69. The lowest BCUT2D eigenvalue weighted by molar-refractivity contribution is 0.121. The summed E-state index contributed by atoms with van der Waals surface area (Å²) in [6.07, 6.45) is 4.89. The number of piperidine rings is 1. The Bertz CT molecular complexity index is 379. The molecule has 0 bridgehead atoms. The summed E-state index contributed by atoms with van der Waals surface area (Å²) in [5.74, 6) is 1.69. The molecule has 0 radical (unpaired) electrons. The largest absolute Gasteiger partial charge is 0.383 e. The monoisotopic (exact) mass is 383 g/mol. The zero-order valence-electron chi connectivity index (χ0n) is 18.6. The lowest BCUT2D eigenvalue weighted by atomic mass is 9.97. The quantitative estimate of drug-likeness (QED) is 0.378. The van der Waals surface area contributed by atoms with Crippen molar-refractivity contribution in [3.05, 3.63) is 0 Å². The number of rotatable bonds is 13. The lowest BCUT2D eigenvalue weighted by Gasteiger charge is -2.31. The fourth-order valence-electron chi connectivity index (χ4n) is 3.62. The van der Waals surface area contributed by atoms with Crippen LogP contribution in [0.4, 0.5) is 0 Å². The molecule has 1 fully saturated rings. The van der Waals surface area contributed by atoms with Crippen LogP contribution in [0, 0.1) is 5.92 Å². The summed E-state index contributed by atoms with van der Waals surface area (Å²) < 4.78 is 5.19. The molecule has 1 aliphatic rings. The van der Waals surface area contributed by atoms with Crippen LogP contribution >= 0.6 is 0 Å². The fraction of sp³-hybridized carbons (Fsp3) is 0.952. The van der Waals surface area contributed by atoms with Gasteiger partial charge in [-0.25, -0.2) is 0 Å². The van der Waals surface area contributed by atoms with Gasteiger partial charge in [0.25, 0.3) is 0 Å². The van der Waals surface area contributed by atoms with Crippen LogP contribution in [0.3, 0.4) is 0 Å². The van der Waals surface area contributed by atoms with Gasteiger partial charge in [-0.3, -0.25) is 4.99 Å². The van der Waals surface area contributed by atoms with Crippen molar-refractivity contribution < 1.29 is 4.74 Å². The van der Waals surface area contributed by atoms with E-state index < -0.39 is 0 Å². The van der Waals surface area contributed by atoms with Crippen LogP contribution in [0.5, 0.6) is 0 Å². The van der Waals surface area contributed by atoms with Crippen LogP contribution in [0.15, 0.2) is 4.99 Å². The Morgan fingerprint density at radius 1 is 1.22 bits per heavy atom. The van der Waals surface area contributed by atoms with Crippen molar-refractivity contribution in [2.45, 2.75) is 59.4 Å². The Kier molecular flexibility index (Phi) is 13.5. The third-order valence-electron chi connectivity index (χ3n) is 5.56. The van der Waals surface area contributed by atoms with E-state index in [4.69, 9.17) is 9.73 Å². The predicted octanol–water partition coefficient (Wildman–Crippen LogP) is 2.41. The molecular formula is C21H45N5O. The topological polar surface area (TPSA) is 52.1 Å². The van der Waals surface area contributed by atoms with Gasteiger partial charge in [-0.1, -0.05) is 13.8 Å². The zero-order valence-corrected chi connectivity index (χ0v) is 18.6. The Balaban J connectivity index is 2.33. The molecule has 0 aromatic heterocycles. The lowest BCUT2D eigenvalue weighted by Crippen LogP contribution is -2.43. The van der Waals surface area contributed by atoms with Crippen LogP contribution in [-0.4, -0.2) is 87.9 Å². The number of nitrogens with one attached hydrogen (secondary N) is 2. The van der Waals surface area contributed by atoms with Gasteiger partial charge in [-0.15, -0.1) is 0 Å². The van der Waals surface area contributed by atoms with Gasteiger partial charge in [-0.05, 0) is 78.2 Å². The van der Waals surface area contributed by atoms with Gasteiger partial charge in [0, 0.05) is 32.8 Å². The normalized spacial score (nSPS) is 18.1. The Morgan fingerprint density at radius 2 is 1.93 bits per heavy atom. The average molecular weight is 384 g/mol. The maximum atomic E-state index is 5.19. The van der Waals surface area contributed by atoms with Crippen LogP contribution < -0.4 is 10.6 Å². The highest BCUT2D eigenvalue weighted by atomic mass is 16.5. The van der Waals surface area contributed by atoms with Crippen molar-refractivity contribution in [2.75, 3.05) is 66.1 Å². The second-order valence-corrected chi connectivity index (χ2v) is 7.71. The van der Waals surface area contributed by atoms with Gasteiger partial charge >= 0.3 is 0 Å². The van der Waals surface area contributed by atoms with E-state index in [1.807, 2.05) is 0 Å². The van der Waals surface area contributed by atoms with Crippen LogP contribution in [0.1, 0.15) is 53.4 Å². The Morgan fingerprint density at radius 3 is 2.52 bits per heavy atom. The Hall–Kier alpha value is -0.850. The molecule has 6 heteroatoms. The standard InChI is InChI=1S/C21H45N5O/c1-6-22-21(24-19(4)10-9-13-25(7-2)8-3)23-18-20-11-14-26(15-12-20)16-17-27-5/h19-20H,6-18H2,1-5H3,(H2,22,23,24). The van der Waals surface area contributed by atoms with Crippen LogP contribution in [-0.2, 0) is 4.74 Å². The predicted molar refractivity (Wildman–Crippen MR) is 117 cm³/mol. The second kappa shape index (κ2) is 15.1. The Labute approximate surface area is 168 Å². The summed E-state index contributed by atoms with van der Waals surface area (Å²) >= 11 is 0. The molecule has 2 N–H and O–H groups in total. The minimum absolute atomic E-state index is 0.453. The van der Waals surface area contributed by atoms with Crippen molar-refractivity contribution in [1.29, 1.82) is 0 Å². The van der Waals surface area contributed by atoms with Gasteiger partial charge in [0.15, 0.2) is 5.96 Å². The molecule has 1 aliphatic heterocycles. The molecule has 160 valence electrons. The summed E-state index contributed by atoms with van der Waals surface area (Å²) in [7, 11) is 1.78. The van der Waals surface area contributed by atoms with E-state index in [2.05, 4.69) is 48.1 Å². The number of hydrogen-bond donors (Lipinski definition) is 2. The van der Waals surface area contributed by atoms with E-state index in [0.717, 1.165) is 45.3 Å².